The van der Waals surface area contributed by atoms with E-state index >= 15 is 0 Å². The first-order chi connectivity index (χ1) is 12.8. The Morgan fingerprint density at radius 3 is 2.26 bits per heavy atom. The zero-order chi connectivity index (χ0) is 19.4. The van der Waals surface area contributed by atoms with Crippen molar-refractivity contribution in [2.45, 2.75) is 37.9 Å². The molecular formula is C21H24O4S2. The van der Waals surface area contributed by atoms with Gasteiger partial charge >= 0.3 is 11.9 Å². The predicted molar refractivity (Wildman–Crippen MR) is 109 cm³/mol. The van der Waals surface area contributed by atoms with Gasteiger partial charge in [-0.25, -0.2) is 0 Å². The Labute approximate surface area is 168 Å². The summed E-state index contributed by atoms with van der Waals surface area (Å²) >= 11 is 3.53. The SMILES string of the molecule is CC(C)C1(C(C)C)C(=O)OC2=Cc3ccccc3C2(C2SCCS2)OC1=O. The maximum atomic E-state index is 13.6. The Hall–Kier alpha value is -1.40. The fourth-order valence-electron chi connectivity index (χ4n) is 4.54. The van der Waals surface area contributed by atoms with E-state index in [0.29, 0.717) is 5.76 Å². The third-order valence-electron chi connectivity index (χ3n) is 5.92. The summed E-state index contributed by atoms with van der Waals surface area (Å²) in [6.45, 7) is 7.55. The number of thioether (sulfide) groups is 2. The Morgan fingerprint density at radius 1 is 1.00 bits per heavy atom. The number of rotatable bonds is 3. The third kappa shape index (κ3) is 2.45. The first-order valence-corrected chi connectivity index (χ1v) is 11.5. The van der Waals surface area contributed by atoms with Gasteiger partial charge in [-0.15, -0.1) is 23.5 Å². The van der Waals surface area contributed by atoms with Crippen LogP contribution in [0.15, 0.2) is 30.0 Å². The molecule has 144 valence electrons. The molecule has 2 heterocycles. The average Bonchev–Trinajstić information content (AvgIpc) is 3.21. The first kappa shape index (κ1) is 18.9. The van der Waals surface area contributed by atoms with Gasteiger partial charge in [-0.2, -0.15) is 0 Å². The Bertz CT molecular complexity index is 815. The van der Waals surface area contributed by atoms with Crippen molar-refractivity contribution in [2.24, 2.45) is 17.3 Å². The molecule has 27 heavy (non-hydrogen) atoms. The van der Waals surface area contributed by atoms with E-state index in [9.17, 15) is 9.59 Å². The highest BCUT2D eigenvalue weighted by Crippen LogP contribution is 2.58. The number of carbonyl (C=O) groups is 2. The van der Waals surface area contributed by atoms with Gasteiger partial charge in [0.05, 0.1) is 0 Å². The van der Waals surface area contributed by atoms with E-state index in [0.717, 1.165) is 22.6 Å². The molecule has 0 aromatic heterocycles. The van der Waals surface area contributed by atoms with Gasteiger partial charge in [-0.3, -0.25) is 9.59 Å². The number of fused-ring (bicyclic) bond motifs is 3. The second kappa shape index (κ2) is 6.59. The highest BCUT2D eigenvalue weighted by atomic mass is 32.2. The van der Waals surface area contributed by atoms with Crippen molar-refractivity contribution in [3.8, 4) is 0 Å². The smallest absolute Gasteiger partial charge is 0.329 e. The number of hydrogen-bond donors (Lipinski definition) is 0. The van der Waals surface area contributed by atoms with E-state index in [1.165, 1.54) is 0 Å². The van der Waals surface area contributed by atoms with E-state index in [4.69, 9.17) is 9.47 Å². The molecule has 0 spiro atoms. The summed E-state index contributed by atoms with van der Waals surface area (Å²) in [5.74, 6) is 1.00. The van der Waals surface area contributed by atoms with E-state index in [2.05, 4.69) is 0 Å². The molecule has 1 aliphatic carbocycles. The Balaban J connectivity index is 1.92. The Morgan fingerprint density at radius 2 is 1.63 bits per heavy atom. The third-order valence-corrected chi connectivity index (χ3v) is 9.14. The van der Waals surface area contributed by atoms with Gasteiger partial charge in [0.1, 0.15) is 4.58 Å². The first-order valence-electron chi connectivity index (χ1n) is 9.35. The predicted octanol–water partition coefficient (Wildman–Crippen LogP) is 4.44. The minimum absolute atomic E-state index is 0.0284. The number of hydrogen-bond acceptors (Lipinski definition) is 6. The normalized spacial score (nSPS) is 27.1. The topological polar surface area (TPSA) is 52.6 Å². The molecule has 0 saturated carbocycles. The quantitative estimate of drug-likeness (QED) is 0.548. The summed E-state index contributed by atoms with van der Waals surface area (Å²) in [4.78, 5) is 26.9. The molecular weight excluding hydrogens is 380 g/mol. The van der Waals surface area contributed by atoms with Crippen LogP contribution in [0.5, 0.6) is 0 Å². The molecule has 2 aliphatic heterocycles. The van der Waals surface area contributed by atoms with E-state index in [1.807, 2.05) is 58.0 Å². The number of ether oxygens (including phenoxy) is 2. The number of esters is 2. The van der Waals surface area contributed by atoms with Crippen LogP contribution in [0.25, 0.3) is 6.08 Å². The molecule has 6 heteroatoms. The van der Waals surface area contributed by atoms with E-state index < -0.39 is 23.0 Å². The maximum absolute atomic E-state index is 13.6. The number of benzene rings is 1. The molecule has 2 saturated heterocycles. The minimum Gasteiger partial charge on any atom is -0.443 e. The van der Waals surface area contributed by atoms with Crippen molar-refractivity contribution < 1.29 is 19.1 Å². The van der Waals surface area contributed by atoms with Gasteiger partial charge in [0, 0.05) is 17.1 Å². The Kier molecular flexibility index (Phi) is 4.62. The summed E-state index contributed by atoms with van der Waals surface area (Å²) in [5, 5.41) is 0. The lowest BCUT2D eigenvalue weighted by Crippen LogP contribution is -2.50. The molecule has 2 fully saturated rings. The van der Waals surface area contributed by atoms with Crippen LogP contribution in [0.3, 0.4) is 0 Å². The maximum Gasteiger partial charge on any atom is 0.329 e. The molecule has 0 amide bonds. The van der Waals surface area contributed by atoms with Gasteiger partial charge < -0.3 is 9.47 Å². The van der Waals surface area contributed by atoms with Crippen LogP contribution >= 0.6 is 23.5 Å². The lowest BCUT2D eigenvalue weighted by molar-refractivity contribution is -0.177. The molecule has 1 aromatic rings. The largest absolute Gasteiger partial charge is 0.443 e. The van der Waals surface area contributed by atoms with Gasteiger partial charge in [-0.1, -0.05) is 52.0 Å². The van der Waals surface area contributed by atoms with Crippen LogP contribution < -0.4 is 0 Å². The van der Waals surface area contributed by atoms with Crippen LogP contribution in [-0.4, -0.2) is 28.0 Å². The molecule has 0 bridgehead atoms. The van der Waals surface area contributed by atoms with Gasteiger partial charge in [-0.05, 0) is 23.5 Å². The lowest BCUT2D eigenvalue weighted by atomic mass is 9.69. The second-order valence-corrected chi connectivity index (χ2v) is 10.6. The van der Waals surface area contributed by atoms with Crippen molar-refractivity contribution >= 4 is 41.5 Å². The van der Waals surface area contributed by atoms with Gasteiger partial charge in [0.25, 0.3) is 0 Å². The van der Waals surface area contributed by atoms with Crippen molar-refractivity contribution in [1.82, 2.24) is 0 Å². The molecule has 3 aliphatic rings. The van der Waals surface area contributed by atoms with E-state index in [1.54, 1.807) is 23.5 Å². The van der Waals surface area contributed by atoms with E-state index in [-0.39, 0.29) is 16.4 Å². The molecule has 1 unspecified atom stereocenters. The minimum atomic E-state index is -1.30. The highest BCUT2D eigenvalue weighted by Gasteiger charge is 2.64. The molecule has 1 aromatic carbocycles. The monoisotopic (exact) mass is 404 g/mol. The number of carbonyl (C=O) groups excluding carboxylic acids is 2. The van der Waals surface area contributed by atoms with Crippen molar-refractivity contribution in [3.05, 3.63) is 41.2 Å². The second-order valence-electron chi connectivity index (χ2n) is 7.86. The summed E-state index contributed by atoms with van der Waals surface area (Å²) in [5.41, 5.74) is -0.485. The van der Waals surface area contributed by atoms with Gasteiger partial charge in [0.15, 0.2) is 11.2 Å². The fraction of sp³-hybridized carbons (Fsp3) is 0.524. The highest BCUT2D eigenvalue weighted by molar-refractivity contribution is 8.20. The molecule has 4 rings (SSSR count). The standard InChI is InChI=1S/C21H24O4S2/c1-12(2)20(13(3)4)17(22)24-16-11-14-7-5-6-8-15(14)21(16,25-18(20)23)19-26-9-10-27-19/h5-8,11-13,19H,9-10H2,1-4H3. The fourth-order valence-corrected chi connectivity index (χ4v) is 7.76. The van der Waals surface area contributed by atoms with Crippen molar-refractivity contribution in [2.75, 3.05) is 11.5 Å². The molecule has 1 atom stereocenters. The summed E-state index contributed by atoms with van der Waals surface area (Å²) in [6, 6.07) is 7.85. The zero-order valence-electron chi connectivity index (χ0n) is 16.0. The summed E-state index contributed by atoms with van der Waals surface area (Å²) in [6.07, 6.45) is 1.87. The van der Waals surface area contributed by atoms with Crippen LogP contribution in [0.4, 0.5) is 0 Å². The summed E-state index contributed by atoms with van der Waals surface area (Å²) in [7, 11) is 0. The molecule has 4 nitrogen and oxygen atoms in total. The molecule has 0 radical (unpaired) electrons. The lowest BCUT2D eigenvalue weighted by Gasteiger charge is -2.37. The zero-order valence-corrected chi connectivity index (χ0v) is 17.6. The summed E-state index contributed by atoms with van der Waals surface area (Å²) < 4.78 is 12.3. The van der Waals surface area contributed by atoms with Crippen molar-refractivity contribution in [1.29, 1.82) is 0 Å². The molecule has 0 N–H and O–H groups in total. The van der Waals surface area contributed by atoms with Crippen LogP contribution in [0, 0.1) is 17.3 Å². The van der Waals surface area contributed by atoms with Crippen LogP contribution in [0.1, 0.15) is 38.8 Å². The van der Waals surface area contributed by atoms with Crippen LogP contribution in [-0.2, 0) is 24.7 Å². The van der Waals surface area contributed by atoms with Gasteiger partial charge in [0.2, 0.25) is 5.60 Å². The van der Waals surface area contributed by atoms with Crippen molar-refractivity contribution in [3.63, 3.8) is 0 Å². The van der Waals surface area contributed by atoms with Crippen LogP contribution in [0.2, 0.25) is 0 Å². The average molecular weight is 405 g/mol.